The summed E-state index contributed by atoms with van der Waals surface area (Å²) in [4.78, 5) is 22.2. The van der Waals surface area contributed by atoms with Crippen molar-refractivity contribution in [1.29, 1.82) is 0 Å². The third-order valence-electron chi connectivity index (χ3n) is 4.48. The van der Waals surface area contributed by atoms with Gasteiger partial charge in [-0.05, 0) is 39.5 Å². The van der Waals surface area contributed by atoms with Gasteiger partial charge in [0.25, 0.3) is 0 Å². The summed E-state index contributed by atoms with van der Waals surface area (Å²) >= 11 is 1.69. The molecule has 6 nitrogen and oxygen atoms in total. The van der Waals surface area contributed by atoms with Gasteiger partial charge in [-0.2, -0.15) is 0 Å². The fraction of sp³-hybridized carbons (Fsp3) is 0.722. The summed E-state index contributed by atoms with van der Waals surface area (Å²) in [6, 6.07) is 0. The Balaban J connectivity index is 0.00000338. The minimum Gasteiger partial charge on any atom is -0.357 e. The average Bonchev–Trinajstić information content (AvgIpc) is 3.19. The summed E-state index contributed by atoms with van der Waals surface area (Å²) in [6.07, 6.45) is 5.65. The first-order chi connectivity index (χ1) is 12.1. The summed E-state index contributed by atoms with van der Waals surface area (Å²) in [7, 11) is 0. The van der Waals surface area contributed by atoms with Gasteiger partial charge in [-0.15, -0.1) is 35.3 Å². The topological polar surface area (TPSA) is 78.4 Å². The van der Waals surface area contributed by atoms with Gasteiger partial charge >= 0.3 is 0 Å². The van der Waals surface area contributed by atoms with E-state index in [1.165, 1.54) is 30.6 Å². The van der Waals surface area contributed by atoms with Crippen molar-refractivity contribution in [1.82, 2.24) is 20.9 Å². The minimum absolute atomic E-state index is 0. The lowest BCUT2D eigenvalue weighted by Crippen LogP contribution is -2.41. The zero-order chi connectivity index (χ0) is 18.1. The summed E-state index contributed by atoms with van der Waals surface area (Å²) in [6.45, 7) is 8.80. The van der Waals surface area contributed by atoms with Crippen molar-refractivity contribution in [2.45, 2.75) is 59.4 Å². The third kappa shape index (κ3) is 8.20. The molecular weight excluding hydrogens is 461 g/mol. The number of hydrogen-bond donors (Lipinski definition) is 3. The van der Waals surface area contributed by atoms with E-state index in [0.29, 0.717) is 32.0 Å². The first-order valence-electron chi connectivity index (χ1n) is 9.30. The van der Waals surface area contributed by atoms with Gasteiger partial charge < -0.3 is 16.0 Å². The molecule has 1 aromatic heterocycles. The second-order valence-corrected chi connectivity index (χ2v) is 7.86. The number of halogens is 1. The normalized spacial score (nSPS) is 14.8. The quantitative estimate of drug-likeness (QED) is 0.225. The van der Waals surface area contributed by atoms with Crippen LogP contribution >= 0.6 is 35.3 Å². The Hall–Kier alpha value is -0.900. The van der Waals surface area contributed by atoms with Crippen LogP contribution in [0.25, 0.3) is 0 Å². The molecule has 0 saturated heterocycles. The van der Waals surface area contributed by atoms with Crippen LogP contribution in [0.2, 0.25) is 0 Å². The third-order valence-corrected chi connectivity index (χ3v) is 5.54. The molecule has 8 heteroatoms. The molecule has 1 fully saturated rings. The van der Waals surface area contributed by atoms with Crippen LogP contribution in [0.15, 0.2) is 4.99 Å². The lowest BCUT2D eigenvalue weighted by Gasteiger charge is -2.12. The Kier molecular flexibility index (Phi) is 11.1. The van der Waals surface area contributed by atoms with Crippen LogP contribution in [0, 0.1) is 19.8 Å². The second kappa shape index (κ2) is 12.5. The Morgan fingerprint density at radius 2 is 1.88 bits per heavy atom. The summed E-state index contributed by atoms with van der Waals surface area (Å²) < 4.78 is 0. The maximum absolute atomic E-state index is 11.9. The largest absolute Gasteiger partial charge is 0.357 e. The lowest BCUT2D eigenvalue weighted by molar-refractivity contribution is -0.121. The summed E-state index contributed by atoms with van der Waals surface area (Å²) in [5, 5.41) is 10.5. The van der Waals surface area contributed by atoms with Gasteiger partial charge in [0.1, 0.15) is 5.01 Å². The molecule has 0 spiro atoms. The average molecular weight is 493 g/mol. The maximum atomic E-state index is 11.9. The number of nitrogens with one attached hydrogen (secondary N) is 3. The standard InChI is InChI=1S/C18H31N5OS.HI/c1-4-19-18(22-12-17-23-13(2)14(3)25-17)21-10-9-20-16(24)11-15-7-5-6-8-15;/h15H,4-12H2,1-3H3,(H,20,24)(H2,19,21,22);1H. The number of amides is 1. The second-order valence-electron chi connectivity index (χ2n) is 6.58. The first-order valence-corrected chi connectivity index (χ1v) is 10.1. The number of aryl methyl sites for hydroxylation is 2. The number of nitrogens with zero attached hydrogens (tertiary/aromatic N) is 2. The van der Waals surface area contributed by atoms with Crippen molar-refractivity contribution in [3.63, 3.8) is 0 Å². The predicted octanol–water partition coefficient (Wildman–Crippen LogP) is 3.13. The number of carbonyl (C=O) groups excluding carboxylic acids is 1. The SMILES string of the molecule is CCNC(=NCc1nc(C)c(C)s1)NCCNC(=O)CC1CCCC1.I. The molecule has 2 rings (SSSR count). The fourth-order valence-corrected chi connectivity index (χ4v) is 3.89. The van der Waals surface area contributed by atoms with Crippen LogP contribution < -0.4 is 16.0 Å². The smallest absolute Gasteiger partial charge is 0.220 e. The van der Waals surface area contributed by atoms with E-state index in [0.717, 1.165) is 23.2 Å². The van der Waals surface area contributed by atoms with Crippen LogP contribution in [-0.2, 0) is 11.3 Å². The maximum Gasteiger partial charge on any atom is 0.220 e. The van der Waals surface area contributed by atoms with E-state index < -0.39 is 0 Å². The van der Waals surface area contributed by atoms with Gasteiger partial charge in [0.05, 0.1) is 12.2 Å². The van der Waals surface area contributed by atoms with Gasteiger partial charge in [-0.1, -0.05) is 12.8 Å². The van der Waals surface area contributed by atoms with E-state index in [4.69, 9.17) is 0 Å². The molecule has 0 radical (unpaired) electrons. The molecule has 0 aliphatic heterocycles. The molecule has 1 saturated carbocycles. The molecule has 0 aromatic carbocycles. The fourth-order valence-electron chi connectivity index (χ4n) is 3.03. The summed E-state index contributed by atoms with van der Waals surface area (Å²) in [5.41, 5.74) is 1.08. The van der Waals surface area contributed by atoms with Crippen molar-refractivity contribution in [3.8, 4) is 0 Å². The van der Waals surface area contributed by atoms with Gasteiger partial charge in [-0.3, -0.25) is 4.79 Å². The van der Waals surface area contributed by atoms with Crippen molar-refractivity contribution >= 4 is 47.2 Å². The number of thiazole rings is 1. The van der Waals surface area contributed by atoms with Gasteiger partial charge in [-0.25, -0.2) is 9.98 Å². The number of aromatic nitrogens is 1. The molecule has 0 bridgehead atoms. The molecule has 1 aromatic rings. The Morgan fingerprint density at radius 1 is 1.19 bits per heavy atom. The van der Waals surface area contributed by atoms with Crippen molar-refractivity contribution in [3.05, 3.63) is 15.6 Å². The molecule has 0 atom stereocenters. The molecule has 1 heterocycles. The van der Waals surface area contributed by atoms with E-state index in [-0.39, 0.29) is 29.9 Å². The van der Waals surface area contributed by atoms with Crippen LogP contribution in [0.3, 0.4) is 0 Å². The molecule has 1 aliphatic rings. The molecule has 3 N–H and O–H groups in total. The monoisotopic (exact) mass is 493 g/mol. The molecular formula is C18H32IN5OS. The highest BCUT2D eigenvalue weighted by atomic mass is 127. The Morgan fingerprint density at radius 3 is 2.50 bits per heavy atom. The predicted molar refractivity (Wildman–Crippen MR) is 119 cm³/mol. The molecule has 0 unspecified atom stereocenters. The van der Waals surface area contributed by atoms with E-state index in [2.05, 4.69) is 32.9 Å². The Labute approximate surface area is 178 Å². The number of guanidine groups is 1. The van der Waals surface area contributed by atoms with E-state index in [9.17, 15) is 4.79 Å². The van der Waals surface area contributed by atoms with Crippen LogP contribution in [0.4, 0.5) is 0 Å². The number of rotatable bonds is 8. The zero-order valence-corrected chi connectivity index (χ0v) is 19.2. The summed E-state index contributed by atoms with van der Waals surface area (Å²) in [5.74, 6) is 1.53. The van der Waals surface area contributed by atoms with Crippen molar-refractivity contribution in [2.75, 3.05) is 19.6 Å². The molecule has 26 heavy (non-hydrogen) atoms. The molecule has 1 amide bonds. The Bertz CT molecular complexity index is 565. The van der Waals surface area contributed by atoms with Crippen LogP contribution in [-0.4, -0.2) is 36.5 Å². The molecule has 1 aliphatic carbocycles. The van der Waals surface area contributed by atoms with Crippen molar-refractivity contribution < 1.29 is 4.79 Å². The first kappa shape index (κ1) is 23.1. The highest BCUT2D eigenvalue weighted by molar-refractivity contribution is 14.0. The number of aliphatic imine (C=N–C) groups is 1. The van der Waals surface area contributed by atoms with Crippen molar-refractivity contribution in [2.24, 2.45) is 10.9 Å². The van der Waals surface area contributed by atoms with E-state index in [1.54, 1.807) is 11.3 Å². The van der Waals surface area contributed by atoms with Gasteiger partial charge in [0.15, 0.2) is 5.96 Å². The lowest BCUT2D eigenvalue weighted by atomic mass is 10.0. The molecule has 148 valence electrons. The van der Waals surface area contributed by atoms with Gasteiger partial charge in [0, 0.05) is 30.9 Å². The van der Waals surface area contributed by atoms with Gasteiger partial charge in [0.2, 0.25) is 5.91 Å². The van der Waals surface area contributed by atoms with E-state index >= 15 is 0 Å². The van der Waals surface area contributed by atoms with Crippen LogP contribution in [0.1, 0.15) is 54.6 Å². The highest BCUT2D eigenvalue weighted by Gasteiger charge is 2.17. The highest BCUT2D eigenvalue weighted by Crippen LogP contribution is 2.27. The van der Waals surface area contributed by atoms with E-state index in [1.807, 2.05) is 13.8 Å². The zero-order valence-electron chi connectivity index (χ0n) is 16.1. The number of carbonyl (C=O) groups is 1. The minimum atomic E-state index is 0. The number of hydrogen-bond acceptors (Lipinski definition) is 4. The van der Waals surface area contributed by atoms with Crippen LogP contribution in [0.5, 0.6) is 0 Å².